The first-order chi connectivity index (χ1) is 9.81. The topological polar surface area (TPSA) is 109 Å². The van der Waals surface area contributed by atoms with Gasteiger partial charge in [-0.05, 0) is 25.2 Å². The zero-order valence-electron chi connectivity index (χ0n) is 12.4. The van der Waals surface area contributed by atoms with E-state index in [0.29, 0.717) is 18.3 Å². The summed E-state index contributed by atoms with van der Waals surface area (Å²) < 4.78 is 4.91. The molecule has 0 radical (unpaired) electrons. The van der Waals surface area contributed by atoms with Gasteiger partial charge >= 0.3 is 12.0 Å². The second-order valence-electron chi connectivity index (χ2n) is 5.92. The monoisotopic (exact) mass is 296 g/mol. The van der Waals surface area contributed by atoms with Crippen molar-refractivity contribution in [2.75, 3.05) is 6.54 Å². The van der Waals surface area contributed by atoms with Gasteiger partial charge in [-0.1, -0.05) is 19.0 Å². The van der Waals surface area contributed by atoms with Crippen LogP contribution < -0.4 is 5.32 Å². The molecule has 1 aliphatic rings. The van der Waals surface area contributed by atoms with E-state index in [1.54, 1.807) is 6.92 Å². The van der Waals surface area contributed by atoms with Crippen molar-refractivity contribution in [3.8, 4) is 0 Å². The van der Waals surface area contributed by atoms with Gasteiger partial charge in [0.1, 0.15) is 6.04 Å². The van der Waals surface area contributed by atoms with Gasteiger partial charge in [0, 0.05) is 6.54 Å². The number of hydrogen-bond donors (Lipinski definition) is 2. The van der Waals surface area contributed by atoms with Gasteiger partial charge in [-0.25, -0.2) is 9.59 Å². The third-order valence-electron chi connectivity index (χ3n) is 3.73. The Morgan fingerprint density at radius 2 is 2.24 bits per heavy atom. The molecule has 1 saturated heterocycles. The normalized spacial score (nSPS) is 21.1. The Kier molecular flexibility index (Phi) is 4.15. The Bertz CT molecular complexity index is 540. The van der Waals surface area contributed by atoms with Crippen molar-refractivity contribution >= 4 is 12.0 Å². The largest absolute Gasteiger partial charge is 0.480 e. The number of aryl methyl sites for hydroxylation is 1. The fourth-order valence-electron chi connectivity index (χ4n) is 2.74. The van der Waals surface area contributed by atoms with Crippen LogP contribution in [0.4, 0.5) is 4.79 Å². The zero-order valence-corrected chi connectivity index (χ0v) is 12.4. The summed E-state index contributed by atoms with van der Waals surface area (Å²) in [5, 5.41) is 15.7. The summed E-state index contributed by atoms with van der Waals surface area (Å²) >= 11 is 0. The smallest absolute Gasteiger partial charge is 0.327 e. The van der Waals surface area contributed by atoms with Gasteiger partial charge in [0.05, 0.1) is 6.54 Å². The molecule has 1 aromatic heterocycles. The van der Waals surface area contributed by atoms with Crippen LogP contribution in [0, 0.1) is 12.3 Å². The highest BCUT2D eigenvalue weighted by molar-refractivity contribution is 5.83. The molecule has 8 nitrogen and oxygen atoms in total. The quantitative estimate of drug-likeness (QED) is 0.866. The van der Waals surface area contributed by atoms with Gasteiger partial charge in [0.2, 0.25) is 5.89 Å². The predicted octanol–water partition coefficient (Wildman–Crippen LogP) is 1.16. The number of aromatic nitrogens is 2. The summed E-state index contributed by atoms with van der Waals surface area (Å²) in [6, 6.07) is -1.26. The molecule has 21 heavy (non-hydrogen) atoms. The van der Waals surface area contributed by atoms with Crippen molar-refractivity contribution < 1.29 is 19.2 Å². The van der Waals surface area contributed by atoms with Crippen LogP contribution >= 0.6 is 0 Å². The third-order valence-corrected chi connectivity index (χ3v) is 3.73. The molecule has 8 heteroatoms. The zero-order chi connectivity index (χ0) is 15.6. The molecular weight excluding hydrogens is 276 g/mol. The van der Waals surface area contributed by atoms with Gasteiger partial charge in [-0.15, -0.1) is 0 Å². The number of hydrogen-bond acceptors (Lipinski definition) is 5. The molecule has 1 fully saturated rings. The van der Waals surface area contributed by atoms with Crippen molar-refractivity contribution in [3.63, 3.8) is 0 Å². The number of urea groups is 1. The molecule has 116 valence electrons. The highest BCUT2D eigenvalue weighted by Gasteiger charge is 2.44. The Morgan fingerprint density at radius 3 is 2.81 bits per heavy atom. The van der Waals surface area contributed by atoms with Crippen molar-refractivity contribution in [1.29, 1.82) is 0 Å². The first-order valence-electron chi connectivity index (χ1n) is 6.88. The van der Waals surface area contributed by atoms with E-state index >= 15 is 0 Å². The molecule has 1 unspecified atom stereocenters. The van der Waals surface area contributed by atoms with Gasteiger partial charge in [-0.3, -0.25) is 0 Å². The number of rotatable bonds is 3. The molecule has 2 amide bonds. The fraction of sp³-hybridized carbons (Fsp3) is 0.692. The van der Waals surface area contributed by atoms with Crippen LogP contribution in [0.1, 0.15) is 38.4 Å². The van der Waals surface area contributed by atoms with E-state index in [1.165, 1.54) is 4.90 Å². The molecule has 2 N–H and O–H groups in total. The van der Waals surface area contributed by atoms with Crippen LogP contribution in [-0.4, -0.2) is 44.7 Å². The Labute approximate surface area is 122 Å². The number of likely N-dealkylation sites (tertiary alicyclic amines) is 1. The predicted molar refractivity (Wildman–Crippen MR) is 72.4 cm³/mol. The van der Waals surface area contributed by atoms with Crippen molar-refractivity contribution in [3.05, 3.63) is 11.7 Å². The first-order valence-corrected chi connectivity index (χ1v) is 6.88. The lowest BCUT2D eigenvalue weighted by Gasteiger charge is -2.43. The molecule has 2 heterocycles. The van der Waals surface area contributed by atoms with Gasteiger partial charge in [0.15, 0.2) is 5.82 Å². The maximum absolute atomic E-state index is 12.2. The minimum Gasteiger partial charge on any atom is -0.480 e. The second kappa shape index (κ2) is 5.71. The highest BCUT2D eigenvalue weighted by atomic mass is 16.5. The summed E-state index contributed by atoms with van der Waals surface area (Å²) in [6.45, 7) is 5.93. The van der Waals surface area contributed by atoms with Gasteiger partial charge < -0.3 is 19.8 Å². The maximum Gasteiger partial charge on any atom is 0.327 e. The number of nitrogens with one attached hydrogen (secondary N) is 1. The van der Waals surface area contributed by atoms with Gasteiger partial charge in [0.25, 0.3) is 0 Å². The molecular formula is C13H20N4O4. The first kappa shape index (κ1) is 15.3. The van der Waals surface area contributed by atoms with Crippen LogP contribution in [0.2, 0.25) is 0 Å². The van der Waals surface area contributed by atoms with Crippen LogP contribution in [0.5, 0.6) is 0 Å². The van der Waals surface area contributed by atoms with Crippen LogP contribution in [0.3, 0.4) is 0 Å². The van der Waals surface area contributed by atoms with E-state index in [1.807, 2.05) is 13.8 Å². The maximum atomic E-state index is 12.2. The molecule has 0 aliphatic carbocycles. The SMILES string of the molecule is Cc1noc(CNC(=O)N2CCCC(C)(C)C2C(=O)O)n1. The second-order valence-corrected chi connectivity index (χ2v) is 5.92. The molecule has 0 spiro atoms. The summed E-state index contributed by atoms with van der Waals surface area (Å²) in [5.41, 5.74) is -0.456. The number of aliphatic carboxylic acids is 1. The minimum absolute atomic E-state index is 0.0863. The number of carboxylic acids is 1. The van der Waals surface area contributed by atoms with E-state index in [4.69, 9.17) is 4.52 Å². The standard InChI is InChI=1S/C13H20N4O4/c1-8-15-9(21-16-8)7-14-12(20)17-6-4-5-13(2,3)10(17)11(18)19/h10H,4-7H2,1-3H3,(H,14,20)(H,18,19). The Morgan fingerprint density at radius 1 is 1.52 bits per heavy atom. The molecule has 0 bridgehead atoms. The summed E-state index contributed by atoms with van der Waals surface area (Å²) in [6.07, 6.45) is 1.56. The highest BCUT2D eigenvalue weighted by Crippen LogP contribution is 2.35. The van der Waals surface area contributed by atoms with Crippen molar-refractivity contribution in [2.24, 2.45) is 5.41 Å². The Balaban J connectivity index is 2.04. The molecule has 0 saturated carbocycles. The van der Waals surface area contributed by atoms with Crippen LogP contribution in [0.15, 0.2) is 4.52 Å². The summed E-state index contributed by atoms with van der Waals surface area (Å²) in [4.78, 5) is 29.1. The van der Waals surface area contributed by atoms with Crippen molar-refractivity contribution in [2.45, 2.75) is 46.2 Å². The number of amides is 2. The molecule has 2 rings (SSSR count). The summed E-state index contributed by atoms with van der Waals surface area (Å²) in [7, 11) is 0. The number of nitrogens with zero attached hydrogens (tertiary/aromatic N) is 3. The average molecular weight is 296 g/mol. The van der Waals surface area contributed by atoms with Gasteiger partial charge in [-0.2, -0.15) is 4.98 Å². The number of piperidine rings is 1. The molecule has 0 aromatic carbocycles. The van der Waals surface area contributed by atoms with Crippen LogP contribution in [-0.2, 0) is 11.3 Å². The fourth-order valence-corrected chi connectivity index (χ4v) is 2.74. The lowest BCUT2D eigenvalue weighted by Crippen LogP contribution is -2.58. The third kappa shape index (κ3) is 3.32. The van der Waals surface area contributed by atoms with E-state index in [9.17, 15) is 14.7 Å². The van der Waals surface area contributed by atoms with Crippen molar-refractivity contribution in [1.82, 2.24) is 20.4 Å². The molecule has 1 aromatic rings. The lowest BCUT2D eigenvalue weighted by molar-refractivity contribution is -0.148. The number of carbonyl (C=O) groups excluding carboxylic acids is 1. The van der Waals surface area contributed by atoms with E-state index in [2.05, 4.69) is 15.5 Å². The van der Waals surface area contributed by atoms with E-state index in [0.717, 1.165) is 12.8 Å². The average Bonchev–Trinajstić information content (AvgIpc) is 2.79. The number of carbonyl (C=O) groups is 2. The summed E-state index contributed by atoms with van der Waals surface area (Å²) in [5.74, 6) is -0.200. The van der Waals surface area contributed by atoms with E-state index < -0.39 is 23.5 Å². The number of carboxylic acid groups (broad SMARTS) is 1. The Hall–Kier alpha value is -2.12. The lowest BCUT2D eigenvalue weighted by atomic mass is 9.76. The molecule has 1 atom stereocenters. The molecule has 1 aliphatic heterocycles. The van der Waals surface area contributed by atoms with E-state index in [-0.39, 0.29) is 6.54 Å². The van der Waals surface area contributed by atoms with Crippen LogP contribution in [0.25, 0.3) is 0 Å². The minimum atomic E-state index is -0.983.